The van der Waals surface area contributed by atoms with Gasteiger partial charge in [-0.1, -0.05) is 28.1 Å². The fraction of sp³-hybridized carbons (Fsp3) is 0.333. The number of amides is 1. The number of benzene rings is 1. The summed E-state index contributed by atoms with van der Waals surface area (Å²) in [4.78, 5) is 11.8. The highest BCUT2D eigenvalue weighted by Gasteiger charge is 2.08. The van der Waals surface area contributed by atoms with Gasteiger partial charge in [0.15, 0.2) is 0 Å². The zero-order valence-corrected chi connectivity index (χ0v) is 12.7. The zero-order valence-electron chi connectivity index (χ0n) is 10.3. The average molecular weight is 330 g/mol. The number of anilines is 1. The topological polar surface area (TPSA) is 67.2 Å². The summed E-state index contributed by atoms with van der Waals surface area (Å²) < 4.78 is 0.897. The van der Waals surface area contributed by atoms with Crippen LogP contribution in [0.2, 0.25) is 0 Å². The minimum absolute atomic E-state index is 0.0705. The van der Waals surface area contributed by atoms with Crippen molar-refractivity contribution in [2.24, 2.45) is 5.73 Å². The quantitative estimate of drug-likeness (QED) is 0.723. The number of thiocarbonyl (C=S) groups is 1. The summed E-state index contributed by atoms with van der Waals surface area (Å²) in [6.07, 6.45) is 0. The first kappa shape index (κ1) is 14.9. The van der Waals surface area contributed by atoms with E-state index in [1.54, 1.807) is 0 Å². The smallest absolute Gasteiger partial charge is 0.239 e. The molecule has 0 aliphatic carbocycles. The molecule has 1 amide bonds. The van der Waals surface area contributed by atoms with Gasteiger partial charge >= 0.3 is 0 Å². The number of carbonyl (C=O) groups excluding carboxylic acids is 1. The molecule has 6 heteroatoms. The van der Waals surface area contributed by atoms with E-state index in [-0.39, 0.29) is 18.5 Å². The number of nitrogens with two attached hydrogens (primary N) is 1. The molecule has 1 rings (SSSR count). The molecule has 0 spiro atoms. The summed E-state index contributed by atoms with van der Waals surface area (Å²) in [6, 6.07) is 5.64. The molecule has 0 saturated heterocycles. The lowest BCUT2D eigenvalue weighted by molar-refractivity contribution is -0.119. The van der Waals surface area contributed by atoms with Crippen LogP contribution in [0.25, 0.3) is 0 Å². The van der Waals surface area contributed by atoms with Crippen LogP contribution in [0.3, 0.4) is 0 Å². The fourth-order valence-electron chi connectivity index (χ4n) is 1.43. The average Bonchev–Trinajstić information content (AvgIpc) is 2.25. The molecule has 0 radical (unpaired) electrons. The van der Waals surface area contributed by atoms with Gasteiger partial charge < -0.3 is 16.4 Å². The maximum Gasteiger partial charge on any atom is 0.239 e. The molecule has 1 aromatic carbocycles. The van der Waals surface area contributed by atoms with Crippen LogP contribution < -0.4 is 16.4 Å². The zero-order chi connectivity index (χ0) is 13.7. The first-order valence-corrected chi connectivity index (χ1v) is 6.73. The standard InChI is InChI=1S/C12H16BrN3OS/c1-7(2)16-11(17)6-15-10-5-8(13)3-4-9(10)12(14)18/h3-5,7,15H,6H2,1-2H3,(H2,14,18)(H,16,17). The number of halogens is 1. The fourth-order valence-corrected chi connectivity index (χ4v) is 1.97. The SMILES string of the molecule is CC(C)NC(=O)CNc1cc(Br)ccc1C(N)=S. The minimum atomic E-state index is -0.0705. The highest BCUT2D eigenvalue weighted by Crippen LogP contribution is 2.21. The third kappa shape index (κ3) is 4.62. The van der Waals surface area contributed by atoms with Gasteiger partial charge in [-0.05, 0) is 32.0 Å². The maximum atomic E-state index is 11.5. The molecule has 0 aliphatic heterocycles. The van der Waals surface area contributed by atoms with Gasteiger partial charge in [-0.3, -0.25) is 4.79 Å². The van der Waals surface area contributed by atoms with Crippen LogP contribution in [-0.4, -0.2) is 23.5 Å². The maximum absolute atomic E-state index is 11.5. The summed E-state index contributed by atoms with van der Waals surface area (Å²) in [7, 11) is 0. The van der Waals surface area contributed by atoms with Crippen molar-refractivity contribution >= 4 is 44.7 Å². The molecule has 0 aromatic heterocycles. The molecule has 0 aliphatic rings. The molecule has 0 saturated carbocycles. The van der Waals surface area contributed by atoms with Crippen molar-refractivity contribution in [1.82, 2.24) is 5.32 Å². The Bertz CT molecular complexity index is 463. The van der Waals surface area contributed by atoms with E-state index in [0.29, 0.717) is 4.99 Å². The molecule has 4 nitrogen and oxygen atoms in total. The van der Waals surface area contributed by atoms with Gasteiger partial charge in [-0.2, -0.15) is 0 Å². The highest BCUT2D eigenvalue weighted by atomic mass is 79.9. The summed E-state index contributed by atoms with van der Waals surface area (Å²) >= 11 is 8.33. The highest BCUT2D eigenvalue weighted by molar-refractivity contribution is 9.10. The lowest BCUT2D eigenvalue weighted by Crippen LogP contribution is -2.35. The third-order valence-electron chi connectivity index (χ3n) is 2.14. The van der Waals surface area contributed by atoms with Crippen LogP contribution in [0, 0.1) is 0 Å². The molecule has 0 atom stereocenters. The van der Waals surface area contributed by atoms with Crippen LogP contribution in [0.4, 0.5) is 5.69 Å². The van der Waals surface area contributed by atoms with E-state index in [1.165, 1.54) is 0 Å². The van der Waals surface area contributed by atoms with E-state index in [2.05, 4.69) is 26.6 Å². The van der Waals surface area contributed by atoms with Crippen LogP contribution in [-0.2, 0) is 4.79 Å². The Balaban J connectivity index is 2.74. The largest absolute Gasteiger partial charge is 0.389 e. The first-order chi connectivity index (χ1) is 8.40. The Kier molecular flexibility index (Phi) is 5.55. The first-order valence-electron chi connectivity index (χ1n) is 5.52. The van der Waals surface area contributed by atoms with Crippen molar-refractivity contribution in [2.75, 3.05) is 11.9 Å². The van der Waals surface area contributed by atoms with Gasteiger partial charge in [0.1, 0.15) is 4.99 Å². The van der Waals surface area contributed by atoms with Crippen molar-refractivity contribution in [3.05, 3.63) is 28.2 Å². The molecular weight excluding hydrogens is 314 g/mol. The predicted molar refractivity (Wildman–Crippen MR) is 81.8 cm³/mol. The molecule has 0 fully saturated rings. The van der Waals surface area contributed by atoms with Crippen molar-refractivity contribution in [3.8, 4) is 0 Å². The Morgan fingerprint density at radius 3 is 2.72 bits per heavy atom. The van der Waals surface area contributed by atoms with E-state index in [1.807, 2.05) is 32.0 Å². The number of rotatable bonds is 5. The molecule has 0 bridgehead atoms. The van der Waals surface area contributed by atoms with Crippen LogP contribution in [0.15, 0.2) is 22.7 Å². The molecule has 18 heavy (non-hydrogen) atoms. The number of hydrogen-bond acceptors (Lipinski definition) is 3. The monoisotopic (exact) mass is 329 g/mol. The molecular formula is C12H16BrN3OS. The second-order valence-corrected chi connectivity index (χ2v) is 5.49. The van der Waals surface area contributed by atoms with Crippen molar-refractivity contribution < 1.29 is 4.79 Å². The van der Waals surface area contributed by atoms with Gasteiger partial charge in [0.2, 0.25) is 5.91 Å². The van der Waals surface area contributed by atoms with Gasteiger partial charge in [0.25, 0.3) is 0 Å². The van der Waals surface area contributed by atoms with Gasteiger partial charge in [0, 0.05) is 21.8 Å². The lowest BCUT2D eigenvalue weighted by atomic mass is 10.2. The summed E-state index contributed by atoms with van der Waals surface area (Å²) in [6.45, 7) is 4.01. The number of hydrogen-bond donors (Lipinski definition) is 3. The summed E-state index contributed by atoms with van der Waals surface area (Å²) in [5.41, 5.74) is 7.10. The Morgan fingerprint density at radius 1 is 1.50 bits per heavy atom. The third-order valence-corrected chi connectivity index (χ3v) is 2.85. The Hall–Kier alpha value is -1.14. The lowest BCUT2D eigenvalue weighted by Gasteiger charge is -2.13. The summed E-state index contributed by atoms with van der Waals surface area (Å²) in [5, 5.41) is 5.83. The van der Waals surface area contributed by atoms with E-state index in [4.69, 9.17) is 18.0 Å². The number of nitrogens with one attached hydrogen (secondary N) is 2. The minimum Gasteiger partial charge on any atom is -0.389 e. The second kappa shape index (κ2) is 6.70. The van der Waals surface area contributed by atoms with E-state index < -0.39 is 0 Å². The van der Waals surface area contributed by atoms with Gasteiger partial charge in [-0.25, -0.2) is 0 Å². The van der Waals surface area contributed by atoms with Gasteiger partial charge in [-0.15, -0.1) is 0 Å². The van der Waals surface area contributed by atoms with Crippen molar-refractivity contribution in [3.63, 3.8) is 0 Å². The second-order valence-electron chi connectivity index (χ2n) is 4.13. The van der Waals surface area contributed by atoms with E-state index in [9.17, 15) is 4.79 Å². The van der Waals surface area contributed by atoms with Gasteiger partial charge in [0.05, 0.1) is 6.54 Å². The van der Waals surface area contributed by atoms with Crippen molar-refractivity contribution in [1.29, 1.82) is 0 Å². The summed E-state index contributed by atoms with van der Waals surface area (Å²) in [5.74, 6) is -0.0705. The molecule has 0 unspecified atom stereocenters. The molecule has 4 N–H and O–H groups in total. The van der Waals surface area contributed by atoms with Crippen LogP contribution >= 0.6 is 28.1 Å². The predicted octanol–water partition coefficient (Wildman–Crippen LogP) is 2.02. The Labute approximate surface area is 120 Å². The normalized spacial score (nSPS) is 10.2. The van der Waals surface area contributed by atoms with Crippen molar-refractivity contribution in [2.45, 2.75) is 19.9 Å². The molecule has 0 heterocycles. The number of carbonyl (C=O) groups is 1. The van der Waals surface area contributed by atoms with E-state index >= 15 is 0 Å². The molecule has 1 aromatic rings. The Morgan fingerprint density at radius 2 is 2.17 bits per heavy atom. The molecule has 98 valence electrons. The van der Waals surface area contributed by atoms with E-state index in [0.717, 1.165) is 15.7 Å². The van der Waals surface area contributed by atoms with Crippen LogP contribution in [0.1, 0.15) is 19.4 Å². The van der Waals surface area contributed by atoms with Crippen LogP contribution in [0.5, 0.6) is 0 Å².